The molecule has 2 N–H and O–H groups in total. The number of nitrogens with one attached hydrogen (secondary N) is 1. The molecule has 0 unspecified atom stereocenters. The maximum absolute atomic E-state index is 12.3. The Balaban J connectivity index is 1.64. The Morgan fingerprint density at radius 1 is 1.26 bits per heavy atom. The maximum Gasteiger partial charge on any atom is 0.305 e. The van der Waals surface area contributed by atoms with E-state index in [1.54, 1.807) is 18.3 Å². The summed E-state index contributed by atoms with van der Waals surface area (Å²) in [6.07, 6.45) is 5.99. The van der Waals surface area contributed by atoms with Crippen molar-refractivity contribution in [1.29, 1.82) is 0 Å². The number of hydrogen-bond acceptors (Lipinski definition) is 3. The van der Waals surface area contributed by atoms with Crippen molar-refractivity contribution in [3.05, 3.63) is 53.9 Å². The molecule has 1 aliphatic rings. The lowest BCUT2D eigenvalue weighted by Crippen LogP contribution is -2.54. The topological polar surface area (TPSA) is 84.2 Å². The van der Waals surface area contributed by atoms with Gasteiger partial charge in [-0.1, -0.05) is 12.1 Å². The van der Waals surface area contributed by atoms with E-state index in [2.05, 4.69) is 10.4 Å². The van der Waals surface area contributed by atoms with Gasteiger partial charge in [-0.25, -0.2) is 0 Å². The second-order valence-electron chi connectivity index (χ2n) is 6.06. The zero-order valence-corrected chi connectivity index (χ0v) is 12.7. The monoisotopic (exact) mass is 313 g/mol. The van der Waals surface area contributed by atoms with Crippen molar-refractivity contribution >= 4 is 11.9 Å². The largest absolute Gasteiger partial charge is 0.481 e. The van der Waals surface area contributed by atoms with Gasteiger partial charge < -0.3 is 10.4 Å². The van der Waals surface area contributed by atoms with Gasteiger partial charge in [0.1, 0.15) is 0 Å². The summed E-state index contributed by atoms with van der Waals surface area (Å²) in [5.74, 6) is -1.09. The van der Waals surface area contributed by atoms with Crippen molar-refractivity contribution in [2.24, 2.45) is 0 Å². The average Bonchev–Trinajstić information content (AvgIpc) is 2.98. The van der Waals surface area contributed by atoms with E-state index >= 15 is 0 Å². The molecule has 0 radical (unpaired) electrons. The normalized spacial score (nSPS) is 15.7. The van der Waals surface area contributed by atoms with E-state index in [-0.39, 0.29) is 12.3 Å². The minimum Gasteiger partial charge on any atom is -0.481 e. The Kier molecular flexibility index (Phi) is 4.14. The van der Waals surface area contributed by atoms with Crippen LogP contribution in [0.1, 0.15) is 41.6 Å². The zero-order valence-electron chi connectivity index (χ0n) is 12.7. The Morgan fingerprint density at radius 2 is 2.00 bits per heavy atom. The Morgan fingerprint density at radius 3 is 2.52 bits per heavy atom. The van der Waals surface area contributed by atoms with Gasteiger partial charge in [-0.3, -0.25) is 14.3 Å². The summed E-state index contributed by atoms with van der Waals surface area (Å²) in [6.45, 7) is 0.651. The number of carbonyl (C=O) groups is 2. The van der Waals surface area contributed by atoms with Gasteiger partial charge in [0.05, 0.1) is 18.5 Å². The number of carboxylic acid groups (broad SMARTS) is 1. The van der Waals surface area contributed by atoms with E-state index in [0.717, 1.165) is 24.8 Å². The third kappa shape index (κ3) is 3.59. The molecule has 0 atom stereocenters. The number of amides is 1. The van der Waals surface area contributed by atoms with Crippen LogP contribution in [0.15, 0.2) is 42.7 Å². The third-order valence-electron chi connectivity index (χ3n) is 4.30. The summed E-state index contributed by atoms with van der Waals surface area (Å²) >= 11 is 0. The quantitative estimate of drug-likeness (QED) is 0.855. The summed E-state index contributed by atoms with van der Waals surface area (Å²) in [7, 11) is 0. The fourth-order valence-electron chi connectivity index (χ4n) is 2.89. The summed E-state index contributed by atoms with van der Waals surface area (Å²) in [5, 5.41) is 16.0. The Labute approximate surface area is 134 Å². The second kappa shape index (κ2) is 6.24. The van der Waals surface area contributed by atoms with Crippen LogP contribution in [0.3, 0.4) is 0 Å². The fraction of sp³-hybridized carbons (Fsp3) is 0.353. The molecule has 120 valence electrons. The highest BCUT2D eigenvalue weighted by Gasteiger charge is 2.40. The number of nitrogens with zero attached hydrogens (tertiary/aromatic N) is 2. The highest BCUT2D eigenvalue weighted by molar-refractivity contribution is 5.95. The first-order valence-electron chi connectivity index (χ1n) is 7.67. The Bertz CT molecular complexity index is 688. The number of carboxylic acids is 1. The molecule has 0 bridgehead atoms. The highest BCUT2D eigenvalue weighted by atomic mass is 16.4. The van der Waals surface area contributed by atoms with E-state index in [9.17, 15) is 9.59 Å². The minimum atomic E-state index is -0.875. The molecule has 6 heteroatoms. The molecule has 1 aromatic carbocycles. The number of benzene rings is 1. The van der Waals surface area contributed by atoms with E-state index in [1.165, 1.54) is 0 Å². The van der Waals surface area contributed by atoms with Gasteiger partial charge in [-0.05, 0) is 43.0 Å². The van der Waals surface area contributed by atoms with E-state index in [1.807, 2.05) is 29.1 Å². The van der Waals surface area contributed by atoms with Gasteiger partial charge in [0, 0.05) is 18.0 Å². The summed E-state index contributed by atoms with van der Waals surface area (Å²) in [5.41, 5.74) is 1.02. The smallest absolute Gasteiger partial charge is 0.305 e. The fourth-order valence-corrected chi connectivity index (χ4v) is 2.89. The molecule has 0 aliphatic heterocycles. The van der Waals surface area contributed by atoms with Crippen LogP contribution < -0.4 is 5.32 Å². The van der Waals surface area contributed by atoms with Crippen LogP contribution in [0.4, 0.5) is 0 Å². The van der Waals surface area contributed by atoms with Crippen molar-refractivity contribution in [3.63, 3.8) is 0 Å². The van der Waals surface area contributed by atoms with Crippen molar-refractivity contribution in [1.82, 2.24) is 15.1 Å². The first kappa shape index (κ1) is 15.3. The average molecular weight is 313 g/mol. The molecule has 1 aliphatic carbocycles. The summed E-state index contributed by atoms with van der Waals surface area (Å²) in [4.78, 5) is 23.3. The van der Waals surface area contributed by atoms with Crippen molar-refractivity contribution in [2.45, 2.75) is 37.8 Å². The van der Waals surface area contributed by atoms with E-state index < -0.39 is 11.5 Å². The molecule has 3 rings (SSSR count). The predicted molar refractivity (Wildman–Crippen MR) is 84.1 cm³/mol. The molecular formula is C17H19N3O3. The van der Waals surface area contributed by atoms with Gasteiger partial charge in [-0.15, -0.1) is 0 Å². The van der Waals surface area contributed by atoms with Gasteiger partial charge in [-0.2, -0.15) is 5.10 Å². The predicted octanol–water partition coefficient (Wildman–Crippen LogP) is 2.06. The lowest BCUT2D eigenvalue weighted by molar-refractivity contribution is -0.139. The van der Waals surface area contributed by atoms with E-state index in [4.69, 9.17) is 5.11 Å². The molecule has 23 heavy (non-hydrogen) atoms. The standard InChI is InChI=1S/C17H19N3O3/c21-15(22)11-17(7-1-8-17)19-16(23)14-5-3-13(4-6-14)12-20-10-2-9-18-20/h2-6,9-10H,1,7-8,11-12H2,(H,19,23)(H,21,22). The number of aliphatic carboxylic acids is 1. The SMILES string of the molecule is O=C(O)CC1(NC(=O)c2ccc(Cn3cccn3)cc2)CCC1. The van der Waals surface area contributed by atoms with Gasteiger partial charge >= 0.3 is 5.97 Å². The molecule has 0 spiro atoms. The molecule has 1 fully saturated rings. The van der Waals surface area contributed by atoms with Crippen LogP contribution in [0.5, 0.6) is 0 Å². The van der Waals surface area contributed by atoms with Crippen molar-refractivity contribution in [3.8, 4) is 0 Å². The number of hydrogen-bond donors (Lipinski definition) is 2. The van der Waals surface area contributed by atoms with Gasteiger partial charge in [0.2, 0.25) is 0 Å². The molecule has 2 aromatic rings. The molecular weight excluding hydrogens is 294 g/mol. The molecule has 6 nitrogen and oxygen atoms in total. The second-order valence-corrected chi connectivity index (χ2v) is 6.06. The maximum atomic E-state index is 12.3. The van der Waals surface area contributed by atoms with Crippen LogP contribution in [-0.2, 0) is 11.3 Å². The molecule has 1 heterocycles. The zero-order chi connectivity index (χ0) is 16.3. The minimum absolute atomic E-state index is 0.0177. The molecule has 1 amide bonds. The van der Waals surface area contributed by atoms with E-state index in [0.29, 0.717) is 12.1 Å². The van der Waals surface area contributed by atoms with Gasteiger partial charge in [0.25, 0.3) is 5.91 Å². The molecule has 1 saturated carbocycles. The van der Waals surface area contributed by atoms with Crippen LogP contribution in [0, 0.1) is 0 Å². The van der Waals surface area contributed by atoms with Crippen molar-refractivity contribution in [2.75, 3.05) is 0 Å². The third-order valence-corrected chi connectivity index (χ3v) is 4.30. The van der Waals surface area contributed by atoms with Crippen LogP contribution >= 0.6 is 0 Å². The van der Waals surface area contributed by atoms with Crippen molar-refractivity contribution < 1.29 is 14.7 Å². The highest BCUT2D eigenvalue weighted by Crippen LogP contribution is 2.35. The first-order chi connectivity index (χ1) is 11.1. The molecule has 1 aromatic heterocycles. The lowest BCUT2D eigenvalue weighted by atomic mass is 9.74. The van der Waals surface area contributed by atoms with Crippen LogP contribution in [-0.4, -0.2) is 32.3 Å². The van der Waals surface area contributed by atoms with Crippen LogP contribution in [0.2, 0.25) is 0 Å². The summed E-state index contributed by atoms with van der Waals surface area (Å²) in [6, 6.07) is 9.17. The lowest BCUT2D eigenvalue weighted by Gasteiger charge is -2.41. The summed E-state index contributed by atoms with van der Waals surface area (Å²) < 4.78 is 1.81. The number of carbonyl (C=O) groups excluding carboxylic acids is 1. The first-order valence-corrected chi connectivity index (χ1v) is 7.67. The number of rotatable bonds is 6. The van der Waals surface area contributed by atoms with Gasteiger partial charge in [0.15, 0.2) is 0 Å². The number of aromatic nitrogens is 2. The molecule has 0 saturated heterocycles. The Hall–Kier alpha value is -2.63. The van der Waals surface area contributed by atoms with Crippen LogP contribution in [0.25, 0.3) is 0 Å².